The fraction of sp³-hybridized carbons (Fsp3) is 0.240. The van der Waals surface area contributed by atoms with Gasteiger partial charge in [0.1, 0.15) is 24.1 Å². The van der Waals surface area contributed by atoms with Crippen LogP contribution in [0.5, 0.6) is 0 Å². The molecule has 7 rings (SSSR count). The SMILES string of the molecule is Nc1nc2nc([C@@]34C[C@H]5C(=O)N[C@@H](Cc6ccccc6)C(=O)N5[C@H]3Nc3ccccc34)[nH]c2c(=O)[nH]1. The molecule has 0 spiro atoms. The predicted molar refractivity (Wildman–Crippen MR) is 131 cm³/mol. The summed E-state index contributed by atoms with van der Waals surface area (Å²) < 4.78 is 0. The number of nitrogens with two attached hydrogens (primary N) is 1. The summed E-state index contributed by atoms with van der Waals surface area (Å²) in [7, 11) is 0. The minimum absolute atomic E-state index is 0.0355. The molecule has 2 fully saturated rings. The Bertz CT molecular complexity index is 1610. The van der Waals surface area contributed by atoms with Gasteiger partial charge in [0, 0.05) is 12.1 Å². The first kappa shape index (κ1) is 20.7. The molecule has 0 unspecified atom stereocenters. The molecule has 3 aliphatic rings. The summed E-state index contributed by atoms with van der Waals surface area (Å²) in [6.07, 6.45) is 0.114. The van der Waals surface area contributed by atoms with Gasteiger partial charge in [-0.1, -0.05) is 48.5 Å². The monoisotopic (exact) mass is 482 g/mol. The standard InChI is InChI=1S/C25H22N8O3/c26-24-31-18-17(20(35)32-24)29-22(30-18)25-11-16-19(34)27-15(10-12-6-2-1-3-7-12)21(36)33(16)23(25)28-14-9-5-4-8-13(14)25/h1-9,15-16,23,28H,10-11H2,(H,27,34)(H4,26,29,30,31,32,35)/t15-,16-,23+,25-/m0/s1. The lowest BCUT2D eigenvalue weighted by Crippen LogP contribution is -2.64. The van der Waals surface area contributed by atoms with Crippen LogP contribution in [0, 0.1) is 0 Å². The molecule has 11 nitrogen and oxygen atoms in total. The number of fused-ring (bicyclic) bond motifs is 6. The average molecular weight is 483 g/mol. The molecule has 2 aromatic heterocycles. The van der Waals surface area contributed by atoms with Crippen LogP contribution in [0.3, 0.4) is 0 Å². The highest BCUT2D eigenvalue weighted by atomic mass is 16.2. The molecule has 11 heteroatoms. The van der Waals surface area contributed by atoms with Gasteiger partial charge >= 0.3 is 0 Å². The highest BCUT2D eigenvalue weighted by molar-refractivity contribution is 5.99. The van der Waals surface area contributed by atoms with Crippen molar-refractivity contribution in [1.29, 1.82) is 0 Å². The molecule has 0 aliphatic carbocycles. The molecule has 36 heavy (non-hydrogen) atoms. The second-order valence-electron chi connectivity index (χ2n) is 9.52. The quantitative estimate of drug-likeness (QED) is 0.286. The lowest BCUT2D eigenvalue weighted by Gasteiger charge is -2.38. The fourth-order valence-corrected chi connectivity index (χ4v) is 6.01. The fourth-order valence-electron chi connectivity index (χ4n) is 6.01. The Balaban J connectivity index is 1.37. The van der Waals surface area contributed by atoms with Gasteiger partial charge in [-0.25, -0.2) is 4.98 Å². The van der Waals surface area contributed by atoms with E-state index in [1.807, 2.05) is 54.6 Å². The molecule has 6 N–H and O–H groups in total. The van der Waals surface area contributed by atoms with E-state index in [4.69, 9.17) is 5.73 Å². The number of benzene rings is 2. The maximum Gasteiger partial charge on any atom is 0.278 e. The van der Waals surface area contributed by atoms with Crippen LogP contribution in [0.15, 0.2) is 59.4 Å². The van der Waals surface area contributed by atoms with Gasteiger partial charge in [0.05, 0.1) is 5.41 Å². The summed E-state index contributed by atoms with van der Waals surface area (Å²) in [5.41, 5.74) is 7.50. The molecule has 4 atom stereocenters. The van der Waals surface area contributed by atoms with Crippen molar-refractivity contribution in [3.8, 4) is 0 Å². The van der Waals surface area contributed by atoms with Crippen molar-refractivity contribution in [2.24, 2.45) is 0 Å². The van der Waals surface area contributed by atoms with Crippen molar-refractivity contribution in [2.45, 2.75) is 36.5 Å². The number of piperazine rings is 1. The van der Waals surface area contributed by atoms with E-state index in [1.54, 1.807) is 4.90 Å². The molecule has 0 saturated carbocycles. The summed E-state index contributed by atoms with van der Waals surface area (Å²) in [5, 5.41) is 6.41. The number of hydrogen-bond acceptors (Lipinski definition) is 7. The predicted octanol–water partition coefficient (Wildman–Crippen LogP) is 0.608. The lowest BCUT2D eigenvalue weighted by molar-refractivity contribution is -0.148. The number of nitrogens with zero attached hydrogens (tertiary/aromatic N) is 3. The summed E-state index contributed by atoms with van der Waals surface area (Å²) in [6.45, 7) is 0. The maximum atomic E-state index is 13.9. The van der Waals surface area contributed by atoms with Gasteiger partial charge in [-0.2, -0.15) is 4.98 Å². The number of nitrogens with one attached hydrogen (secondary N) is 4. The average Bonchev–Trinajstić information content (AvgIpc) is 3.53. The Morgan fingerprint density at radius 1 is 0.972 bits per heavy atom. The van der Waals surface area contributed by atoms with E-state index in [1.165, 1.54) is 0 Å². The Labute approximate surface area is 204 Å². The van der Waals surface area contributed by atoms with E-state index in [0.717, 1.165) is 16.8 Å². The zero-order valence-corrected chi connectivity index (χ0v) is 19.0. The van der Waals surface area contributed by atoms with Gasteiger partial charge in [-0.05, 0) is 23.6 Å². The third kappa shape index (κ3) is 2.70. The Kier molecular flexibility index (Phi) is 4.12. The smallest absolute Gasteiger partial charge is 0.278 e. The van der Waals surface area contributed by atoms with Gasteiger partial charge < -0.3 is 26.3 Å². The molecular weight excluding hydrogens is 460 g/mol. The zero-order valence-electron chi connectivity index (χ0n) is 19.0. The van der Waals surface area contributed by atoms with Gasteiger partial charge in [0.2, 0.25) is 17.8 Å². The van der Waals surface area contributed by atoms with Gasteiger partial charge in [0.25, 0.3) is 5.56 Å². The topological polar surface area (TPSA) is 162 Å². The molecule has 5 heterocycles. The normalized spacial score (nSPS) is 26.3. The van der Waals surface area contributed by atoms with E-state index < -0.39 is 29.2 Å². The number of rotatable bonds is 3. The van der Waals surface area contributed by atoms with Crippen LogP contribution >= 0.6 is 0 Å². The highest BCUT2D eigenvalue weighted by Crippen LogP contribution is 2.54. The van der Waals surface area contributed by atoms with Crippen LogP contribution in [0.1, 0.15) is 23.4 Å². The summed E-state index contributed by atoms with van der Waals surface area (Å²) in [6, 6.07) is 16.0. The second-order valence-corrected chi connectivity index (χ2v) is 9.52. The number of aromatic amines is 2. The number of carbonyl (C=O) groups excluding carboxylic acids is 2. The Hall–Kier alpha value is -4.67. The maximum absolute atomic E-state index is 13.9. The van der Waals surface area contributed by atoms with Crippen LogP contribution in [0.25, 0.3) is 11.2 Å². The number of imidazole rings is 1. The van der Waals surface area contributed by atoms with E-state index in [2.05, 4.69) is 30.6 Å². The number of carbonyl (C=O) groups is 2. The Morgan fingerprint density at radius 2 is 1.75 bits per heavy atom. The van der Waals surface area contributed by atoms with E-state index in [9.17, 15) is 14.4 Å². The van der Waals surface area contributed by atoms with Crippen molar-refractivity contribution in [1.82, 2.24) is 30.2 Å². The first-order valence-electron chi connectivity index (χ1n) is 11.7. The Morgan fingerprint density at radius 3 is 2.58 bits per heavy atom. The lowest BCUT2D eigenvalue weighted by atomic mass is 9.77. The van der Waals surface area contributed by atoms with Crippen LogP contribution in [0.2, 0.25) is 0 Å². The minimum atomic E-state index is -0.891. The van der Waals surface area contributed by atoms with Crippen LogP contribution in [-0.4, -0.2) is 54.9 Å². The van der Waals surface area contributed by atoms with E-state index in [-0.39, 0.29) is 28.9 Å². The number of H-pyrrole nitrogens is 2. The molecule has 2 aromatic carbocycles. The molecule has 180 valence electrons. The zero-order chi connectivity index (χ0) is 24.6. The first-order chi connectivity index (χ1) is 17.5. The number of anilines is 2. The third-order valence-corrected chi connectivity index (χ3v) is 7.55. The van der Waals surface area contributed by atoms with Crippen molar-refractivity contribution >= 4 is 34.6 Å². The number of hydrogen-bond donors (Lipinski definition) is 5. The molecule has 4 aromatic rings. The second kappa shape index (κ2) is 7.17. The minimum Gasteiger partial charge on any atom is -0.369 e. The van der Waals surface area contributed by atoms with Crippen molar-refractivity contribution in [2.75, 3.05) is 11.1 Å². The van der Waals surface area contributed by atoms with Crippen molar-refractivity contribution in [3.63, 3.8) is 0 Å². The molecule has 2 saturated heterocycles. The number of amides is 2. The van der Waals surface area contributed by atoms with Crippen molar-refractivity contribution < 1.29 is 9.59 Å². The van der Waals surface area contributed by atoms with Crippen molar-refractivity contribution in [3.05, 3.63) is 81.9 Å². The largest absolute Gasteiger partial charge is 0.369 e. The van der Waals surface area contributed by atoms with Gasteiger partial charge in [0.15, 0.2) is 11.2 Å². The van der Waals surface area contributed by atoms with E-state index >= 15 is 0 Å². The van der Waals surface area contributed by atoms with Crippen LogP contribution in [-0.2, 0) is 21.4 Å². The number of para-hydroxylation sites is 1. The summed E-state index contributed by atoms with van der Waals surface area (Å²) in [5.74, 6) is 0.0525. The van der Waals surface area contributed by atoms with Crippen LogP contribution < -0.4 is 21.9 Å². The molecule has 0 radical (unpaired) electrons. The molecular formula is C25H22N8O3. The van der Waals surface area contributed by atoms with Crippen LogP contribution in [0.4, 0.5) is 11.6 Å². The summed E-state index contributed by atoms with van der Waals surface area (Å²) in [4.78, 5) is 55.9. The first-order valence-corrected chi connectivity index (χ1v) is 11.7. The highest BCUT2D eigenvalue weighted by Gasteiger charge is 2.65. The third-order valence-electron chi connectivity index (χ3n) is 7.55. The molecule has 2 amide bonds. The summed E-state index contributed by atoms with van der Waals surface area (Å²) >= 11 is 0. The molecule has 0 bridgehead atoms. The van der Waals surface area contributed by atoms with E-state index in [0.29, 0.717) is 18.7 Å². The molecule has 3 aliphatic heterocycles. The number of aromatic nitrogens is 4. The number of nitrogen functional groups attached to an aromatic ring is 1. The van der Waals surface area contributed by atoms with Gasteiger partial charge in [-0.15, -0.1) is 0 Å². The van der Waals surface area contributed by atoms with Gasteiger partial charge in [-0.3, -0.25) is 19.4 Å².